The maximum atomic E-state index is 13.4. The van der Waals surface area contributed by atoms with Crippen LogP contribution in [0.1, 0.15) is 22.8 Å². The van der Waals surface area contributed by atoms with Gasteiger partial charge in [0.25, 0.3) is 5.56 Å². The molecule has 164 valence electrons. The quantitative estimate of drug-likeness (QED) is 0.394. The molecule has 9 heteroatoms. The van der Waals surface area contributed by atoms with Gasteiger partial charge in [-0.15, -0.1) is 0 Å². The van der Waals surface area contributed by atoms with Crippen molar-refractivity contribution in [2.24, 2.45) is 0 Å². The van der Waals surface area contributed by atoms with Crippen LogP contribution in [0.25, 0.3) is 34.4 Å². The van der Waals surface area contributed by atoms with Crippen molar-refractivity contribution in [3.8, 4) is 5.69 Å². The van der Waals surface area contributed by atoms with Gasteiger partial charge in [-0.1, -0.05) is 30.3 Å². The van der Waals surface area contributed by atoms with Crippen molar-refractivity contribution >= 4 is 28.7 Å². The molecule has 0 aliphatic heterocycles. The molecule has 0 aliphatic carbocycles. The van der Waals surface area contributed by atoms with Gasteiger partial charge in [-0.3, -0.25) is 9.36 Å². The van der Waals surface area contributed by atoms with Gasteiger partial charge in [0.15, 0.2) is 5.65 Å². The third-order valence-electron chi connectivity index (χ3n) is 5.24. The summed E-state index contributed by atoms with van der Waals surface area (Å²) >= 11 is 0. The van der Waals surface area contributed by atoms with Crippen molar-refractivity contribution < 1.29 is 13.2 Å². The number of hydrogen-bond donors (Lipinski definition) is 0. The predicted molar refractivity (Wildman–Crippen MR) is 119 cm³/mol. The largest absolute Gasteiger partial charge is 0.433 e. The molecule has 0 unspecified atom stereocenters. The zero-order valence-electron chi connectivity index (χ0n) is 17.3. The molecule has 0 radical (unpaired) electrons. The van der Waals surface area contributed by atoms with Crippen molar-refractivity contribution in [2.45, 2.75) is 13.1 Å². The summed E-state index contributed by atoms with van der Waals surface area (Å²) in [4.78, 5) is 22.0. The number of aromatic nitrogens is 5. The summed E-state index contributed by atoms with van der Waals surface area (Å²) in [5.41, 5.74) is 0.805. The molecule has 2 aromatic carbocycles. The second-order valence-electron chi connectivity index (χ2n) is 7.36. The fourth-order valence-corrected chi connectivity index (χ4v) is 3.72. The van der Waals surface area contributed by atoms with E-state index in [2.05, 4.69) is 15.1 Å². The van der Waals surface area contributed by atoms with Crippen LogP contribution in [0.5, 0.6) is 0 Å². The van der Waals surface area contributed by atoms with Crippen LogP contribution in [-0.4, -0.2) is 24.1 Å². The number of halogens is 3. The molecule has 0 saturated heterocycles. The molecule has 33 heavy (non-hydrogen) atoms. The first-order valence-electron chi connectivity index (χ1n) is 10.0. The van der Waals surface area contributed by atoms with Gasteiger partial charge in [0.2, 0.25) is 0 Å². The Morgan fingerprint density at radius 2 is 1.67 bits per heavy atom. The van der Waals surface area contributed by atoms with E-state index in [0.717, 1.165) is 16.8 Å². The zero-order valence-corrected chi connectivity index (χ0v) is 17.3. The summed E-state index contributed by atoms with van der Waals surface area (Å²) < 4.78 is 42.4. The van der Waals surface area contributed by atoms with Crippen molar-refractivity contribution in [2.75, 3.05) is 0 Å². The van der Waals surface area contributed by atoms with Gasteiger partial charge >= 0.3 is 6.18 Å². The summed E-state index contributed by atoms with van der Waals surface area (Å²) in [6.07, 6.45) is -0.299. The molecule has 0 saturated carbocycles. The van der Waals surface area contributed by atoms with E-state index in [1.165, 1.54) is 4.57 Å². The van der Waals surface area contributed by atoms with E-state index in [-0.39, 0.29) is 11.2 Å². The molecular weight excluding hydrogens is 431 g/mol. The predicted octanol–water partition coefficient (Wildman–Crippen LogP) is 4.93. The summed E-state index contributed by atoms with van der Waals surface area (Å²) in [6.45, 7) is 1.60. The van der Waals surface area contributed by atoms with Crippen LogP contribution in [0.4, 0.5) is 13.2 Å². The van der Waals surface area contributed by atoms with Gasteiger partial charge < -0.3 is 0 Å². The third-order valence-corrected chi connectivity index (χ3v) is 5.24. The second-order valence-corrected chi connectivity index (χ2v) is 7.36. The average molecular weight is 447 g/mol. The van der Waals surface area contributed by atoms with Crippen LogP contribution in [0.2, 0.25) is 0 Å². The fraction of sp³-hybridized carbons (Fsp3) is 0.0833. The van der Waals surface area contributed by atoms with E-state index >= 15 is 0 Å². The van der Waals surface area contributed by atoms with Crippen molar-refractivity contribution in [1.29, 1.82) is 0 Å². The van der Waals surface area contributed by atoms with Crippen LogP contribution in [0.15, 0.2) is 71.7 Å². The number of fused-ring (bicyclic) bond motifs is 2. The summed E-state index contributed by atoms with van der Waals surface area (Å²) in [6, 6.07) is 16.9. The highest BCUT2D eigenvalue weighted by atomic mass is 19.4. The number of benzene rings is 2. The monoisotopic (exact) mass is 447 g/mol. The second kappa shape index (κ2) is 7.70. The lowest BCUT2D eigenvalue weighted by atomic mass is 10.2. The van der Waals surface area contributed by atoms with Crippen LogP contribution in [0, 0.1) is 6.92 Å². The Morgan fingerprint density at radius 1 is 0.939 bits per heavy atom. The van der Waals surface area contributed by atoms with Crippen molar-refractivity contribution in [1.82, 2.24) is 24.1 Å². The summed E-state index contributed by atoms with van der Waals surface area (Å²) in [5, 5.41) is 4.49. The Bertz CT molecular complexity index is 1580. The molecule has 5 aromatic rings. The van der Waals surface area contributed by atoms with E-state index in [9.17, 15) is 18.0 Å². The molecule has 0 bridgehead atoms. The Kier molecular flexibility index (Phi) is 4.81. The molecule has 0 N–H and O–H groups in total. The van der Waals surface area contributed by atoms with Crippen LogP contribution >= 0.6 is 0 Å². The highest BCUT2D eigenvalue weighted by Crippen LogP contribution is 2.30. The van der Waals surface area contributed by atoms with Gasteiger partial charge in [0.05, 0.1) is 22.3 Å². The molecule has 6 nitrogen and oxygen atoms in total. The van der Waals surface area contributed by atoms with Gasteiger partial charge in [0, 0.05) is 11.8 Å². The normalized spacial score (nSPS) is 12.2. The van der Waals surface area contributed by atoms with Crippen LogP contribution in [0.3, 0.4) is 0 Å². The molecule has 3 heterocycles. The Hall–Kier alpha value is -4.27. The van der Waals surface area contributed by atoms with Crippen LogP contribution in [-0.2, 0) is 6.18 Å². The lowest BCUT2D eigenvalue weighted by Crippen LogP contribution is -2.22. The number of alkyl halides is 3. The number of hydrogen-bond acceptors (Lipinski definition) is 4. The molecule has 0 spiro atoms. The average Bonchev–Trinajstić information content (AvgIpc) is 3.12. The van der Waals surface area contributed by atoms with E-state index in [1.807, 2.05) is 18.2 Å². The van der Waals surface area contributed by atoms with Gasteiger partial charge in [0.1, 0.15) is 11.5 Å². The first kappa shape index (κ1) is 20.6. The first-order valence-corrected chi connectivity index (χ1v) is 10.0. The highest BCUT2D eigenvalue weighted by molar-refractivity contribution is 5.81. The molecule has 5 rings (SSSR count). The number of aryl methyl sites for hydroxylation is 1. The zero-order chi connectivity index (χ0) is 23.2. The van der Waals surface area contributed by atoms with E-state index in [0.29, 0.717) is 33.7 Å². The number of rotatable bonds is 3. The van der Waals surface area contributed by atoms with Gasteiger partial charge in [-0.2, -0.15) is 18.3 Å². The maximum absolute atomic E-state index is 13.4. The minimum absolute atomic E-state index is 0.0629. The first-order chi connectivity index (χ1) is 15.8. The molecule has 0 amide bonds. The fourth-order valence-electron chi connectivity index (χ4n) is 3.72. The van der Waals surface area contributed by atoms with E-state index in [1.54, 1.807) is 55.5 Å². The SMILES string of the molecule is Cc1nn2c(C(F)(F)F)ccnc2c1C=Cc1nc2ccccc2c(=O)n1-c1ccccc1. The van der Waals surface area contributed by atoms with E-state index in [4.69, 9.17) is 0 Å². The lowest BCUT2D eigenvalue weighted by molar-refractivity contribution is -0.142. The molecule has 0 atom stereocenters. The van der Waals surface area contributed by atoms with Gasteiger partial charge in [-0.25, -0.2) is 14.5 Å². The number of para-hydroxylation sites is 2. The smallest absolute Gasteiger partial charge is 0.268 e. The van der Waals surface area contributed by atoms with Crippen molar-refractivity contribution in [3.63, 3.8) is 0 Å². The summed E-state index contributed by atoms with van der Waals surface area (Å²) in [7, 11) is 0. The molecular formula is C24H16F3N5O. The van der Waals surface area contributed by atoms with E-state index < -0.39 is 11.9 Å². The Morgan fingerprint density at radius 3 is 2.42 bits per heavy atom. The molecule has 3 aromatic heterocycles. The minimum atomic E-state index is -4.58. The van der Waals surface area contributed by atoms with Crippen molar-refractivity contribution in [3.05, 3.63) is 100.0 Å². The third kappa shape index (κ3) is 3.57. The summed E-state index contributed by atoms with van der Waals surface area (Å²) in [5.74, 6) is 0.329. The van der Waals surface area contributed by atoms with Crippen LogP contribution < -0.4 is 5.56 Å². The topological polar surface area (TPSA) is 65.1 Å². The minimum Gasteiger partial charge on any atom is -0.268 e. The Balaban J connectivity index is 1.72. The lowest BCUT2D eigenvalue weighted by Gasteiger charge is -2.11. The highest BCUT2D eigenvalue weighted by Gasteiger charge is 2.34. The molecule has 0 aliphatic rings. The standard InChI is InChI=1S/C24H16F3N5O/c1-15-17(22-28-14-13-20(24(25,26)27)32(22)30-15)11-12-21-29-19-10-6-5-9-18(19)23(33)31(21)16-7-3-2-4-8-16/h2-14H,1H3. The Labute approximate surface area is 185 Å². The molecule has 0 fully saturated rings. The van der Waals surface area contributed by atoms with Gasteiger partial charge in [-0.05, 0) is 49.4 Å². The number of nitrogens with zero attached hydrogens (tertiary/aromatic N) is 5. The maximum Gasteiger partial charge on any atom is 0.433 e.